The Morgan fingerprint density at radius 3 is 2.61 bits per heavy atom. The van der Waals surface area contributed by atoms with Gasteiger partial charge in [0.1, 0.15) is 5.75 Å². The molecule has 0 aliphatic heterocycles. The molecule has 0 aliphatic carbocycles. The second-order valence-corrected chi connectivity index (χ2v) is 8.12. The molecule has 1 heterocycles. The van der Waals surface area contributed by atoms with Crippen molar-refractivity contribution < 1.29 is 9.53 Å². The number of benzene rings is 2. The van der Waals surface area contributed by atoms with Crippen molar-refractivity contribution in [3.8, 4) is 17.0 Å². The topological polar surface area (TPSA) is 51.2 Å². The number of thiazole rings is 1. The van der Waals surface area contributed by atoms with Gasteiger partial charge >= 0.3 is 0 Å². The van der Waals surface area contributed by atoms with Gasteiger partial charge in [-0.3, -0.25) is 10.1 Å². The second-order valence-electron chi connectivity index (χ2n) is 6.10. The Bertz CT molecular complexity index is 1060. The Labute approximate surface area is 177 Å². The number of methoxy groups -OCH3 is 1. The third-order valence-corrected chi connectivity index (χ3v) is 5.69. The quantitative estimate of drug-likeness (QED) is 0.474. The highest BCUT2D eigenvalue weighted by Gasteiger charge is 2.12. The third-order valence-electron chi connectivity index (χ3n) is 4.07. The summed E-state index contributed by atoms with van der Waals surface area (Å²) in [7, 11) is 1.65. The number of carbonyl (C=O) groups excluding carboxylic acids is 1. The van der Waals surface area contributed by atoms with Crippen LogP contribution in [0.25, 0.3) is 17.3 Å². The smallest absolute Gasteiger partial charge is 0.250 e. The molecule has 3 rings (SSSR count). The Kier molecular flexibility index (Phi) is 6.39. The first-order valence-electron chi connectivity index (χ1n) is 8.44. The molecule has 3 aromatic rings. The molecule has 144 valence electrons. The lowest BCUT2D eigenvalue weighted by Crippen LogP contribution is -2.07. The summed E-state index contributed by atoms with van der Waals surface area (Å²) in [6, 6.07) is 11.1. The highest BCUT2D eigenvalue weighted by Crippen LogP contribution is 2.32. The zero-order valence-corrected chi connectivity index (χ0v) is 17.9. The second kappa shape index (κ2) is 8.78. The maximum Gasteiger partial charge on any atom is 0.250 e. The van der Waals surface area contributed by atoms with Crippen LogP contribution < -0.4 is 10.1 Å². The summed E-state index contributed by atoms with van der Waals surface area (Å²) in [4.78, 5) is 17.8. The number of aromatic nitrogens is 1. The normalized spacial score (nSPS) is 11.0. The average Bonchev–Trinajstić information content (AvgIpc) is 3.02. The van der Waals surface area contributed by atoms with Crippen LogP contribution in [0.15, 0.2) is 42.5 Å². The predicted octanol–water partition coefficient (Wildman–Crippen LogP) is 6.39. The standard InChI is InChI=1S/C21H18Cl2N2O2S/c1-12-10-15(6-8-18(12)27-3)20-13(2)28-21(25-20)24-19(26)9-5-14-4-7-16(22)17(23)11-14/h4-11H,1-3H3,(H,24,25,26)/b9-5+. The molecule has 0 radical (unpaired) electrons. The number of nitrogens with zero attached hydrogens (tertiary/aromatic N) is 1. The summed E-state index contributed by atoms with van der Waals surface area (Å²) in [5, 5.41) is 4.27. The minimum atomic E-state index is -0.266. The first kappa shape index (κ1) is 20.4. The van der Waals surface area contributed by atoms with E-state index in [-0.39, 0.29) is 5.91 Å². The summed E-state index contributed by atoms with van der Waals surface area (Å²) in [5.74, 6) is 0.565. The van der Waals surface area contributed by atoms with Crippen LogP contribution >= 0.6 is 34.5 Å². The Morgan fingerprint density at radius 2 is 1.93 bits per heavy atom. The van der Waals surface area contributed by atoms with Crippen molar-refractivity contribution in [1.82, 2.24) is 4.98 Å². The van der Waals surface area contributed by atoms with Gasteiger partial charge in [0.2, 0.25) is 5.91 Å². The number of aryl methyl sites for hydroxylation is 2. The Morgan fingerprint density at radius 1 is 1.14 bits per heavy atom. The fourth-order valence-electron chi connectivity index (χ4n) is 2.68. The van der Waals surface area contributed by atoms with E-state index >= 15 is 0 Å². The number of amides is 1. The average molecular weight is 433 g/mol. The monoisotopic (exact) mass is 432 g/mol. The van der Waals surface area contributed by atoms with Crippen molar-refractivity contribution in [2.45, 2.75) is 13.8 Å². The minimum Gasteiger partial charge on any atom is -0.496 e. The van der Waals surface area contributed by atoms with Gasteiger partial charge in [0, 0.05) is 16.5 Å². The van der Waals surface area contributed by atoms with E-state index in [0.29, 0.717) is 15.2 Å². The van der Waals surface area contributed by atoms with Crippen LogP contribution in [-0.4, -0.2) is 18.0 Å². The van der Waals surface area contributed by atoms with E-state index in [1.54, 1.807) is 31.4 Å². The summed E-state index contributed by atoms with van der Waals surface area (Å²) < 4.78 is 5.30. The first-order valence-corrected chi connectivity index (χ1v) is 10.0. The number of hydrogen-bond acceptors (Lipinski definition) is 4. The van der Waals surface area contributed by atoms with E-state index < -0.39 is 0 Å². The van der Waals surface area contributed by atoms with Gasteiger partial charge in [0.15, 0.2) is 5.13 Å². The van der Waals surface area contributed by atoms with Gasteiger partial charge < -0.3 is 4.74 Å². The fourth-order valence-corrected chi connectivity index (χ4v) is 3.82. The number of anilines is 1. The van der Waals surface area contributed by atoms with E-state index in [1.165, 1.54) is 17.4 Å². The summed E-state index contributed by atoms with van der Waals surface area (Å²) in [5.41, 5.74) is 3.65. The predicted molar refractivity (Wildman–Crippen MR) is 118 cm³/mol. The molecule has 0 saturated heterocycles. The number of ether oxygens (including phenoxy) is 1. The van der Waals surface area contributed by atoms with Crippen LogP contribution in [0, 0.1) is 13.8 Å². The third kappa shape index (κ3) is 4.73. The highest BCUT2D eigenvalue weighted by atomic mass is 35.5. The van der Waals surface area contributed by atoms with Gasteiger partial charge in [0.25, 0.3) is 0 Å². The minimum absolute atomic E-state index is 0.266. The highest BCUT2D eigenvalue weighted by molar-refractivity contribution is 7.16. The van der Waals surface area contributed by atoms with Gasteiger partial charge in [-0.1, -0.05) is 29.3 Å². The zero-order valence-electron chi connectivity index (χ0n) is 15.5. The molecule has 0 spiro atoms. The molecule has 0 saturated carbocycles. The number of halogens is 2. The van der Waals surface area contributed by atoms with Gasteiger partial charge in [0.05, 0.1) is 22.8 Å². The molecular weight excluding hydrogens is 415 g/mol. The fraction of sp³-hybridized carbons (Fsp3) is 0.143. The maximum atomic E-state index is 12.2. The molecule has 0 bridgehead atoms. The van der Waals surface area contributed by atoms with Crippen molar-refractivity contribution in [3.63, 3.8) is 0 Å². The molecular formula is C21H18Cl2N2O2S. The van der Waals surface area contributed by atoms with Crippen LogP contribution in [0.4, 0.5) is 5.13 Å². The van der Waals surface area contributed by atoms with Crippen molar-refractivity contribution in [3.05, 3.63) is 68.5 Å². The van der Waals surface area contributed by atoms with E-state index in [2.05, 4.69) is 10.3 Å². The van der Waals surface area contributed by atoms with E-state index in [9.17, 15) is 4.79 Å². The molecule has 1 amide bonds. The van der Waals surface area contributed by atoms with Gasteiger partial charge in [-0.15, -0.1) is 11.3 Å². The number of nitrogens with one attached hydrogen (secondary N) is 1. The largest absolute Gasteiger partial charge is 0.496 e. The maximum absolute atomic E-state index is 12.2. The van der Waals surface area contributed by atoms with Crippen molar-refractivity contribution in [1.29, 1.82) is 0 Å². The molecule has 0 unspecified atom stereocenters. The Hall–Kier alpha value is -2.34. The van der Waals surface area contributed by atoms with Crippen LogP contribution in [0.3, 0.4) is 0 Å². The molecule has 0 fully saturated rings. The number of carbonyl (C=O) groups is 1. The summed E-state index contributed by atoms with van der Waals surface area (Å²) >= 11 is 13.3. The van der Waals surface area contributed by atoms with Crippen LogP contribution in [0.1, 0.15) is 16.0 Å². The zero-order chi connectivity index (χ0) is 20.3. The Balaban J connectivity index is 1.74. The summed E-state index contributed by atoms with van der Waals surface area (Å²) in [6.45, 7) is 3.97. The van der Waals surface area contributed by atoms with Gasteiger partial charge in [-0.25, -0.2) is 4.98 Å². The molecule has 7 heteroatoms. The van der Waals surface area contributed by atoms with Crippen molar-refractivity contribution >= 4 is 51.7 Å². The van der Waals surface area contributed by atoms with Crippen LogP contribution in [-0.2, 0) is 4.79 Å². The van der Waals surface area contributed by atoms with Crippen molar-refractivity contribution in [2.75, 3.05) is 12.4 Å². The number of rotatable bonds is 5. The van der Waals surface area contributed by atoms with Crippen LogP contribution in [0.5, 0.6) is 5.75 Å². The van der Waals surface area contributed by atoms with Crippen molar-refractivity contribution in [2.24, 2.45) is 0 Å². The lowest BCUT2D eigenvalue weighted by atomic mass is 10.1. The van der Waals surface area contributed by atoms with E-state index in [4.69, 9.17) is 27.9 Å². The molecule has 2 aromatic carbocycles. The lowest BCUT2D eigenvalue weighted by molar-refractivity contribution is -0.111. The molecule has 0 atom stereocenters. The molecule has 4 nitrogen and oxygen atoms in total. The summed E-state index contributed by atoms with van der Waals surface area (Å²) in [6.07, 6.45) is 3.11. The van der Waals surface area contributed by atoms with E-state index in [1.807, 2.05) is 32.0 Å². The molecule has 1 aromatic heterocycles. The SMILES string of the molecule is COc1ccc(-c2nc(NC(=O)/C=C/c3ccc(Cl)c(Cl)c3)sc2C)cc1C. The molecule has 1 N–H and O–H groups in total. The van der Waals surface area contributed by atoms with Crippen LogP contribution in [0.2, 0.25) is 10.0 Å². The van der Waals surface area contributed by atoms with Gasteiger partial charge in [-0.2, -0.15) is 0 Å². The van der Waals surface area contributed by atoms with Gasteiger partial charge in [-0.05, 0) is 61.4 Å². The molecule has 28 heavy (non-hydrogen) atoms. The van der Waals surface area contributed by atoms with E-state index in [0.717, 1.165) is 33.0 Å². The number of hydrogen-bond donors (Lipinski definition) is 1. The molecule has 0 aliphatic rings. The lowest BCUT2D eigenvalue weighted by Gasteiger charge is -2.06. The first-order chi connectivity index (χ1) is 13.4.